The van der Waals surface area contributed by atoms with Gasteiger partial charge in [0.2, 0.25) is 11.8 Å². The van der Waals surface area contributed by atoms with Crippen molar-refractivity contribution < 1.29 is 19.1 Å². The van der Waals surface area contributed by atoms with Crippen LogP contribution in [0.5, 0.6) is 0 Å². The highest BCUT2D eigenvalue weighted by Crippen LogP contribution is 2.22. The first kappa shape index (κ1) is 31.8. The molecule has 0 saturated heterocycles. The molecule has 0 bridgehead atoms. The highest BCUT2D eigenvalue weighted by molar-refractivity contribution is 6.30. The van der Waals surface area contributed by atoms with Gasteiger partial charge in [-0.1, -0.05) is 56.6 Å². The molecule has 0 radical (unpaired) electrons. The van der Waals surface area contributed by atoms with E-state index in [1.54, 1.807) is 75.4 Å². The van der Waals surface area contributed by atoms with Crippen molar-refractivity contribution in [1.29, 1.82) is 0 Å². The Balaban J connectivity index is 1.61. The van der Waals surface area contributed by atoms with E-state index in [9.17, 15) is 19.2 Å². The van der Waals surface area contributed by atoms with E-state index in [4.69, 9.17) is 16.3 Å². The number of ether oxygens (including phenoxy) is 1. The fourth-order valence-electron chi connectivity index (χ4n) is 4.07. The van der Waals surface area contributed by atoms with E-state index in [-0.39, 0.29) is 24.8 Å². The molecular weight excluding hydrogens is 588 g/mol. The third-order valence-electron chi connectivity index (χ3n) is 6.49. The van der Waals surface area contributed by atoms with Crippen LogP contribution in [0.25, 0.3) is 22.9 Å². The van der Waals surface area contributed by atoms with Crippen molar-refractivity contribution in [2.24, 2.45) is 5.41 Å². The Kier molecular flexibility index (Phi) is 10.0. The van der Waals surface area contributed by atoms with Crippen molar-refractivity contribution in [2.75, 3.05) is 13.7 Å². The van der Waals surface area contributed by atoms with Gasteiger partial charge in [-0.05, 0) is 51.9 Å². The number of amides is 2. The van der Waals surface area contributed by atoms with Crippen LogP contribution in [0.2, 0.25) is 5.02 Å². The summed E-state index contributed by atoms with van der Waals surface area (Å²) in [6.45, 7) is 5.31. The lowest BCUT2D eigenvalue weighted by atomic mass is 9.95. The van der Waals surface area contributed by atoms with Crippen molar-refractivity contribution >= 4 is 35.5 Å². The van der Waals surface area contributed by atoms with Crippen LogP contribution in [-0.2, 0) is 25.5 Å². The first-order chi connectivity index (χ1) is 20.9. The molecule has 228 valence electrons. The Hall–Kier alpha value is -5.17. The molecule has 0 aliphatic heterocycles. The van der Waals surface area contributed by atoms with E-state index in [2.05, 4.69) is 36.4 Å². The number of hydrogen-bond acceptors (Lipinski definition) is 9. The second kappa shape index (κ2) is 13.9. The zero-order chi connectivity index (χ0) is 31.9. The van der Waals surface area contributed by atoms with Crippen LogP contribution >= 0.6 is 11.6 Å². The number of nitrogens with zero attached hydrogens (tertiary/aromatic N) is 5. The minimum atomic E-state index is -0.814. The molecule has 0 saturated carbocycles. The Labute approximate surface area is 257 Å². The molecule has 2 aromatic carbocycles. The summed E-state index contributed by atoms with van der Waals surface area (Å²) < 4.78 is 6.14. The lowest BCUT2D eigenvalue weighted by Crippen LogP contribution is -2.42. The Bertz CT molecular complexity index is 1730. The first-order valence-electron chi connectivity index (χ1n) is 13.5. The minimum absolute atomic E-state index is 0.000719. The van der Waals surface area contributed by atoms with E-state index in [1.165, 1.54) is 24.2 Å². The van der Waals surface area contributed by atoms with Crippen molar-refractivity contribution in [3.63, 3.8) is 0 Å². The predicted octanol–water partition coefficient (Wildman–Crippen LogP) is 2.81. The first-order valence-corrected chi connectivity index (χ1v) is 13.9. The van der Waals surface area contributed by atoms with Crippen LogP contribution in [0.4, 0.5) is 0 Å². The molecule has 0 spiro atoms. The minimum Gasteiger partial charge on any atom is -0.469 e. The van der Waals surface area contributed by atoms with Gasteiger partial charge < -0.3 is 15.4 Å². The third kappa shape index (κ3) is 8.22. The third-order valence-corrected chi connectivity index (χ3v) is 6.72. The van der Waals surface area contributed by atoms with Crippen LogP contribution in [0, 0.1) is 5.41 Å². The van der Waals surface area contributed by atoms with E-state index >= 15 is 0 Å². The molecule has 3 N–H and O–H groups in total. The second-order valence-corrected chi connectivity index (χ2v) is 11.2. The highest BCUT2D eigenvalue weighted by atomic mass is 35.5. The van der Waals surface area contributed by atoms with Crippen LogP contribution in [0.1, 0.15) is 43.6 Å². The monoisotopic (exact) mass is 618 g/mol. The fourth-order valence-corrected chi connectivity index (χ4v) is 4.25. The quantitative estimate of drug-likeness (QED) is 0.178. The number of carbonyl (C=O) groups excluding carboxylic acids is 3. The molecular formula is C30H31ClN8O5. The summed E-state index contributed by atoms with van der Waals surface area (Å²) in [6, 6.07) is 12.7. The summed E-state index contributed by atoms with van der Waals surface area (Å²) in [4.78, 5) is 50.2. The smallest absolute Gasteiger partial charge is 0.309 e. The van der Waals surface area contributed by atoms with Gasteiger partial charge in [0.15, 0.2) is 0 Å². The molecule has 4 rings (SSSR count). The SMILES string of the molecule is COC(=O)Cc1ccc(-c2cc([C@H](CNC(=O)C(C)(C)C)NC(=O)/C=C/c3cc(Cl)ccc3-n3cnnn3)n[nH]c2=O)cc1. The summed E-state index contributed by atoms with van der Waals surface area (Å²) in [5.74, 6) is -1.11. The zero-order valence-electron chi connectivity index (χ0n) is 24.5. The number of carbonyl (C=O) groups is 3. The highest BCUT2D eigenvalue weighted by Gasteiger charge is 2.24. The molecule has 1 atom stereocenters. The number of halogens is 1. The van der Waals surface area contributed by atoms with E-state index < -0.39 is 22.9 Å². The van der Waals surface area contributed by atoms with Gasteiger partial charge in [0.25, 0.3) is 5.56 Å². The fraction of sp³-hybridized carbons (Fsp3) is 0.267. The number of benzene rings is 2. The molecule has 4 aromatic rings. The maximum absolute atomic E-state index is 13.2. The average Bonchev–Trinajstić information content (AvgIpc) is 3.53. The van der Waals surface area contributed by atoms with Gasteiger partial charge in [-0.2, -0.15) is 9.78 Å². The molecule has 44 heavy (non-hydrogen) atoms. The van der Waals surface area contributed by atoms with Gasteiger partial charge in [-0.15, -0.1) is 5.10 Å². The number of nitrogens with one attached hydrogen (secondary N) is 3. The Morgan fingerprint density at radius 3 is 2.52 bits per heavy atom. The molecule has 2 aromatic heterocycles. The summed E-state index contributed by atoms with van der Waals surface area (Å²) in [6.07, 6.45) is 4.38. The van der Waals surface area contributed by atoms with Crippen LogP contribution < -0.4 is 16.2 Å². The molecule has 13 nitrogen and oxygen atoms in total. The second-order valence-electron chi connectivity index (χ2n) is 10.8. The normalized spacial score (nSPS) is 12.1. The molecule has 0 fully saturated rings. The van der Waals surface area contributed by atoms with Gasteiger partial charge >= 0.3 is 5.97 Å². The van der Waals surface area contributed by atoms with E-state index in [0.29, 0.717) is 33.1 Å². The zero-order valence-corrected chi connectivity index (χ0v) is 25.3. The number of rotatable bonds is 10. The van der Waals surface area contributed by atoms with Crippen molar-refractivity contribution in [2.45, 2.75) is 33.2 Å². The Morgan fingerprint density at radius 1 is 1.11 bits per heavy atom. The molecule has 2 heterocycles. The average molecular weight is 619 g/mol. The summed E-state index contributed by atoms with van der Waals surface area (Å²) in [5.41, 5.74) is 1.95. The van der Waals surface area contributed by atoms with Gasteiger partial charge in [0, 0.05) is 28.6 Å². The molecule has 14 heteroatoms. The largest absolute Gasteiger partial charge is 0.469 e. The van der Waals surface area contributed by atoms with Crippen molar-refractivity contribution in [3.8, 4) is 16.8 Å². The van der Waals surface area contributed by atoms with Gasteiger partial charge in [-0.25, -0.2) is 5.10 Å². The lowest BCUT2D eigenvalue weighted by Gasteiger charge is -2.22. The number of aromatic nitrogens is 6. The van der Waals surface area contributed by atoms with Crippen molar-refractivity contribution in [1.82, 2.24) is 41.0 Å². The maximum Gasteiger partial charge on any atom is 0.309 e. The number of esters is 1. The molecule has 0 aliphatic rings. The predicted molar refractivity (Wildman–Crippen MR) is 163 cm³/mol. The van der Waals surface area contributed by atoms with E-state index in [1.807, 2.05) is 0 Å². The topological polar surface area (TPSA) is 174 Å². The Morgan fingerprint density at radius 2 is 1.86 bits per heavy atom. The maximum atomic E-state index is 13.2. The number of aromatic amines is 1. The summed E-state index contributed by atoms with van der Waals surface area (Å²) in [5, 5.41) is 24.0. The van der Waals surface area contributed by atoms with E-state index in [0.717, 1.165) is 5.56 Å². The molecule has 0 unspecified atom stereocenters. The van der Waals surface area contributed by atoms with Crippen LogP contribution in [0.15, 0.2) is 65.7 Å². The van der Waals surface area contributed by atoms with Crippen LogP contribution in [0.3, 0.4) is 0 Å². The van der Waals surface area contributed by atoms with Gasteiger partial charge in [-0.3, -0.25) is 19.2 Å². The van der Waals surface area contributed by atoms with Gasteiger partial charge in [0.1, 0.15) is 6.33 Å². The number of tetrazole rings is 1. The molecule has 0 aliphatic carbocycles. The standard InChI is InChI=1S/C30H31ClN8O5/c1-30(2,3)29(43)32-16-24(34-26(40)12-9-20-14-21(31)10-11-25(20)39-17-33-37-38-39)23-15-22(28(42)36-35-23)19-7-5-18(6-8-19)13-27(41)44-4/h5-12,14-15,17,24H,13,16H2,1-4H3,(H,32,43)(H,34,40)(H,36,42)/b12-9+/t24-/m0/s1. The molecule has 2 amide bonds. The van der Waals surface area contributed by atoms with Crippen molar-refractivity contribution in [3.05, 3.63) is 93.1 Å². The summed E-state index contributed by atoms with van der Waals surface area (Å²) >= 11 is 6.19. The number of hydrogen-bond donors (Lipinski definition) is 3. The number of H-pyrrole nitrogens is 1. The lowest BCUT2D eigenvalue weighted by molar-refractivity contribution is -0.139. The van der Waals surface area contributed by atoms with Crippen LogP contribution in [-0.4, -0.2) is 61.8 Å². The van der Waals surface area contributed by atoms with Gasteiger partial charge in [0.05, 0.1) is 36.5 Å². The summed E-state index contributed by atoms with van der Waals surface area (Å²) in [7, 11) is 1.31. The number of methoxy groups -OCH3 is 1.